The van der Waals surface area contributed by atoms with E-state index in [9.17, 15) is 19.2 Å². The van der Waals surface area contributed by atoms with Crippen LogP contribution in [0.15, 0.2) is 24.3 Å². The number of carbonyl (C=O) groups excluding carboxylic acids is 4. The van der Waals surface area contributed by atoms with Crippen molar-refractivity contribution in [2.24, 2.45) is 5.92 Å². The smallest absolute Gasteiger partial charge is 0.307 e. The minimum atomic E-state index is -0.407. The predicted molar refractivity (Wildman–Crippen MR) is 107 cm³/mol. The maximum Gasteiger partial charge on any atom is 0.307 e. The fraction of sp³-hybridized carbons (Fsp3) is 0.474. The number of nitrogens with one attached hydrogen (secondary N) is 2. The molecule has 152 valence electrons. The third kappa shape index (κ3) is 5.72. The van der Waals surface area contributed by atoms with E-state index in [1.807, 2.05) is 0 Å². The van der Waals surface area contributed by atoms with Gasteiger partial charge in [0.1, 0.15) is 0 Å². The molecule has 2 unspecified atom stereocenters. The number of ether oxygens (including phenoxy) is 1. The first-order valence-corrected chi connectivity index (χ1v) is 9.61. The number of hydrogen-bond acceptors (Lipinski definition) is 6. The van der Waals surface area contributed by atoms with Crippen LogP contribution < -0.4 is 14.9 Å². The molecule has 1 aromatic carbocycles. The molecular formula is C19H25N3O5S. The summed E-state index contributed by atoms with van der Waals surface area (Å²) in [4.78, 5) is 49.5. The van der Waals surface area contributed by atoms with Gasteiger partial charge in [-0.15, -0.1) is 0 Å². The number of nitrogens with zero attached hydrogens (tertiary/aromatic N) is 1. The molecule has 0 saturated carbocycles. The standard InChI is InChI=1S/C19H25N3O5S/c1-3-27-17(24)10-12(2)20-16(23)11-14-8-9-22(19(14)26)15-6-4-13(5-7-15)18(25)21-28/h4-7,12,14,28H,3,8-11H2,1-2H3,(H,20,23)(H,21,25). The second-order valence-corrected chi connectivity index (χ2v) is 6.87. The van der Waals surface area contributed by atoms with Crippen molar-refractivity contribution in [3.63, 3.8) is 0 Å². The molecule has 1 aliphatic rings. The Morgan fingerprint density at radius 3 is 2.57 bits per heavy atom. The summed E-state index contributed by atoms with van der Waals surface area (Å²) in [6.45, 7) is 4.25. The first-order chi connectivity index (χ1) is 13.3. The molecule has 1 aliphatic heterocycles. The largest absolute Gasteiger partial charge is 0.466 e. The minimum absolute atomic E-state index is 0.0721. The Morgan fingerprint density at radius 1 is 1.29 bits per heavy atom. The second-order valence-electron chi connectivity index (χ2n) is 6.65. The van der Waals surface area contributed by atoms with Crippen LogP contribution in [0.2, 0.25) is 0 Å². The molecule has 8 nitrogen and oxygen atoms in total. The predicted octanol–water partition coefficient (Wildman–Crippen LogP) is 1.46. The van der Waals surface area contributed by atoms with Crippen LogP contribution in [-0.4, -0.2) is 42.9 Å². The molecule has 0 bridgehead atoms. The van der Waals surface area contributed by atoms with Crippen molar-refractivity contribution in [2.45, 2.75) is 39.2 Å². The number of carbonyl (C=O) groups is 4. The van der Waals surface area contributed by atoms with Crippen molar-refractivity contribution in [2.75, 3.05) is 18.1 Å². The number of amides is 3. The Morgan fingerprint density at radius 2 is 1.96 bits per heavy atom. The summed E-state index contributed by atoms with van der Waals surface area (Å²) in [6, 6.07) is 6.27. The Kier molecular flexibility index (Phi) is 7.86. The number of anilines is 1. The van der Waals surface area contributed by atoms with Crippen LogP contribution in [-0.2, 0) is 19.1 Å². The van der Waals surface area contributed by atoms with Crippen molar-refractivity contribution in [1.29, 1.82) is 0 Å². The molecule has 0 spiro atoms. The zero-order valence-electron chi connectivity index (χ0n) is 15.9. The first kappa shape index (κ1) is 21.7. The van der Waals surface area contributed by atoms with E-state index in [4.69, 9.17) is 4.74 Å². The van der Waals surface area contributed by atoms with E-state index in [0.717, 1.165) is 0 Å². The molecular weight excluding hydrogens is 382 g/mol. The highest BCUT2D eigenvalue weighted by Gasteiger charge is 2.34. The molecule has 28 heavy (non-hydrogen) atoms. The quantitative estimate of drug-likeness (QED) is 0.447. The van der Waals surface area contributed by atoms with Crippen LogP contribution in [0.3, 0.4) is 0 Å². The third-order valence-electron chi connectivity index (χ3n) is 4.48. The van der Waals surface area contributed by atoms with E-state index in [1.54, 1.807) is 43.0 Å². The Balaban J connectivity index is 1.88. The third-order valence-corrected chi connectivity index (χ3v) is 4.68. The summed E-state index contributed by atoms with van der Waals surface area (Å²) in [6.07, 6.45) is 0.733. The van der Waals surface area contributed by atoms with E-state index in [0.29, 0.717) is 30.8 Å². The van der Waals surface area contributed by atoms with Crippen molar-refractivity contribution in [3.05, 3.63) is 29.8 Å². The summed E-state index contributed by atoms with van der Waals surface area (Å²) < 4.78 is 7.10. The molecule has 0 aromatic heterocycles. The van der Waals surface area contributed by atoms with Gasteiger partial charge in [0.25, 0.3) is 5.91 Å². The lowest BCUT2D eigenvalue weighted by Gasteiger charge is -2.18. The van der Waals surface area contributed by atoms with Crippen molar-refractivity contribution >= 4 is 42.2 Å². The van der Waals surface area contributed by atoms with Gasteiger partial charge in [0, 0.05) is 36.2 Å². The van der Waals surface area contributed by atoms with Gasteiger partial charge < -0.3 is 15.0 Å². The molecule has 1 aromatic rings. The summed E-state index contributed by atoms with van der Waals surface area (Å²) in [5.41, 5.74) is 1.12. The molecule has 1 heterocycles. The number of benzene rings is 1. The molecule has 2 rings (SSSR count). The number of thiol groups is 1. The Labute approximate surface area is 169 Å². The lowest BCUT2D eigenvalue weighted by Crippen LogP contribution is -2.37. The summed E-state index contributed by atoms with van der Waals surface area (Å²) in [5, 5.41) is 2.74. The zero-order chi connectivity index (χ0) is 20.7. The van der Waals surface area contributed by atoms with Crippen LogP contribution in [0.25, 0.3) is 0 Å². The second kappa shape index (κ2) is 10.1. The molecule has 1 fully saturated rings. The lowest BCUT2D eigenvalue weighted by atomic mass is 10.0. The summed E-state index contributed by atoms with van der Waals surface area (Å²) >= 11 is 3.72. The Hall–Kier alpha value is -2.55. The van der Waals surface area contributed by atoms with Crippen LogP contribution in [0.1, 0.15) is 43.5 Å². The van der Waals surface area contributed by atoms with E-state index >= 15 is 0 Å². The highest BCUT2D eigenvalue weighted by atomic mass is 32.1. The highest BCUT2D eigenvalue weighted by molar-refractivity contribution is 7.78. The fourth-order valence-electron chi connectivity index (χ4n) is 3.12. The highest BCUT2D eigenvalue weighted by Crippen LogP contribution is 2.27. The summed E-state index contributed by atoms with van der Waals surface area (Å²) in [5.74, 6) is -1.49. The van der Waals surface area contributed by atoms with Gasteiger partial charge in [0.05, 0.1) is 13.0 Å². The minimum Gasteiger partial charge on any atom is -0.466 e. The first-order valence-electron chi connectivity index (χ1n) is 9.16. The van der Waals surface area contributed by atoms with Gasteiger partial charge in [-0.1, -0.05) is 12.8 Å². The van der Waals surface area contributed by atoms with Crippen LogP contribution in [0, 0.1) is 5.92 Å². The van der Waals surface area contributed by atoms with Crippen molar-refractivity contribution in [1.82, 2.24) is 10.0 Å². The zero-order valence-corrected chi connectivity index (χ0v) is 16.8. The fourth-order valence-corrected chi connectivity index (χ4v) is 3.25. The molecule has 1 saturated heterocycles. The van der Waals surface area contributed by atoms with Gasteiger partial charge in [-0.05, 0) is 44.5 Å². The lowest BCUT2D eigenvalue weighted by molar-refractivity contribution is -0.143. The van der Waals surface area contributed by atoms with Crippen molar-refractivity contribution < 1.29 is 23.9 Å². The Bertz CT molecular complexity index is 738. The number of esters is 1. The normalized spacial score (nSPS) is 17.2. The van der Waals surface area contributed by atoms with Gasteiger partial charge in [-0.3, -0.25) is 23.9 Å². The number of rotatable bonds is 8. The van der Waals surface area contributed by atoms with Crippen molar-refractivity contribution in [3.8, 4) is 0 Å². The van der Waals surface area contributed by atoms with Gasteiger partial charge in [0.2, 0.25) is 11.8 Å². The molecule has 3 amide bonds. The molecule has 2 N–H and O–H groups in total. The van der Waals surface area contributed by atoms with E-state index < -0.39 is 5.92 Å². The van der Waals surface area contributed by atoms with Gasteiger partial charge in [-0.2, -0.15) is 0 Å². The molecule has 0 aliphatic carbocycles. The number of hydrogen-bond donors (Lipinski definition) is 3. The molecule has 2 atom stereocenters. The van der Waals surface area contributed by atoms with E-state index in [2.05, 4.69) is 22.9 Å². The topological polar surface area (TPSA) is 105 Å². The van der Waals surface area contributed by atoms with E-state index in [1.165, 1.54) is 0 Å². The van der Waals surface area contributed by atoms with Crippen LogP contribution >= 0.6 is 12.8 Å². The van der Waals surface area contributed by atoms with E-state index in [-0.39, 0.29) is 42.6 Å². The SMILES string of the molecule is CCOC(=O)CC(C)NC(=O)CC1CCN(c2ccc(C(=O)NS)cc2)C1=O. The van der Waals surface area contributed by atoms with Gasteiger partial charge >= 0.3 is 5.97 Å². The monoisotopic (exact) mass is 407 g/mol. The molecule has 9 heteroatoms. The van der Waals surface area contributed by atoms with Crippen LogP contribution in [0.4, 0.5) is 5.69 Å². The average molecular weight is 407 g/mol. The maximum absolute atomic E-state index is 12.6. The maximum atomic E-state index is 12.6. The molecule has 0 radical (unpaired) electrons. The summed E-state index contributed by atoms with van der Waals surface area (Å²) in [7, 11) is 0. The van der Waals surface area contributed by atoms with Crippen LogP contribution in [0.5, 0.6) is 0 Å². The average Bonchev–Trinajstić information content (AvgIpc) is 3.01. The van der Waals surface area contributed by atoms with Gasteiger partial charge in [0.15, 0.2) is 0 Å². The van der Waals surface area contributed by atoms with Gasteiger partial charge in [-0.25, -0.2) is 0 Å².